The van der Waals surface area contributed by atoms with Gasteiger partial charge in [-0.3, -0.25) is 14.9 Å². The van der Waals surface area contributed by atoms with E-state index >= 15 is 0 Å². The molecule has 0 unspecified atom stereocenters. The Morgan fingerprint density at radius 3 is 2.30 bits per heavy atom. The summed E-state index contributed by atoms with van der Waals surface area (Å²) in [4.78, 5) is 28.9. The van der Waals surface area contributed by atoms with Crippen LogP contribution in [-0.2, 0) is 0 Å². The molecule has 0 atom stereocenters. The summed E-state index contributed by atoms with van der Waals surface area (Å²) in [5.41, 5.74) is 4.53. The number of non-ortho nitro benzene ring substituents is 1. The number of para-hydroxylation sites is 1. The number of nitro groups is 1. The van der Waals surface area contributed by atoms with Crippen molar-refractivity contribution in [2.24, 2.45) is 0 Å². The first-order chi connectivity index (χ1) is 18.0. The van der Waals surface area contributed by atoms with Crippen LogP contribution in [0, 0.1) is 17.0 Å². The molecular formula is C27H18N6O3S. The van der Waals surface area contributed by atoms with E-state index < -0.39 is 4.92 Å². The van der Waals surface area contributed by atoms with E-state index in [0.29, 0.717) is 32.1 Å². The van der Waals surface area contributed by atoms with E-state index in [0.717, 1.165) is 16.8 Å². The summed E-state index contributed by atoms with van der Waals surface area (Å²) < 4.78 is 3.50. The van der Waals surface area contributed by atoms with Gasteiger partial charge >= 0.3 is 0 Å². The van der Waals surface area contributed by atoms with E-state index in [2.05, 4.69) is 10.1 Å². The number of nitrogens with zero attached hydrogens (tertiary/aromatic N) is 6. The Kier molecular flexibility index (Phi) is 5.42. The van der Waals surface area contributed by atoms with Crippen molar-refractivity contribution in [2.45, 2.75) is 6.92 Å². The summed E-state index contributed by atoms with van der Waals surface area (Å²) in [6, 6.07) is 23.6. The van der Waals surface area contributed by atoms with Gasteiger partial charge in [-0.15, -0.1) is 5.10 Å². The van der Waals surface area contributed by atoms with Crippen LogP contribution in [0.2, 0.25) is 0 Å². The van der Waals surface area contributed by atoms with E-state index in [-0.39, 0.29) is 11.2 Å². The molecule has 0 spiro atoms. The van der Waals surface area contributed by atoms with Gasteiger partial charge in [-0.2, -0.15) is 14.6 Å². The third-order valence-corrected chi connectivity index (χ3v) is 6.85. The van der Waals surface area contributed by atoms with Gasteiger partial charge in [-0.05, 0) is 37.3 Å². The molecule has 9 nitrogen and oxygen atoms in total. The quantitative estimate of drug-likeness (QED) is 0.253. The predicted octanol–water partition coefficient (Wildman–Crippen LogP) is 4.44. The molecular weight excluding hydrogens is 488 g/mol. The number of aromatic nitrogens is 5. The van der Waals surface area contributed by atoms with Crippen molar-refractivity contribution < 1.29 is 4.92 Å². The van der Waals surface area contributed by atoms with Crippen molar-refractivity contribution in [3.05, 3.63) is 121 Å². The maximum Gasteiger partial charge on any atom is 0.291 e. The standard InChI is InChI=1S/C27H18N6O3S/c1-17-7-9-19(10-8-17)25-28-27-32(30-25)26(34)23(37-27)15-20-16-31(21-5-3-2-4-6-21)29-24(20)18-11-13-22(14-12-18)33(35)36/h2-16H,1H3. The molecule has 0 amide bonds. The second kappa shape index (κ2) is 8.92. The van der Waals surface area contributed by atoms with Crippen molar-refractivity contribution in [1.82, 2.24) is 24.4 Å². The van der Waals surface area contributed by atoms with Crippen LogP contribution in [0.15, 0.2) is 89.9 Å². The van der Waals surface area contributed by atoms with Crippen LogP contribution in [0.3, 0.4) is 0 Å². The number of nitro benzene ring substituents is 1. The molecule has 0 saturated carbocycles. The van der Waals surface area contributed by atoms with Gasteiger partial charge in [-0.25, -0.2) is 4.68 Å². The highest BCUT2D eigenvalue weighted by Gasteiger charge is 2.16. The molecule has 3 aromatic heterocycles. The zero-order valence-corrected chi connectivity index (χ0v) is 20.3. The average molecular weight is 507 g/mol. The lowest BCUT2D eigenvalue weighted by molar-refractivity contribution is -0.384. The molecule has 3 aromatic carbocycles. The van der Waals surface area contributed by atoms with E-state index in [9.17, 15) is 14.9 Å². The molecule has 0 N–H and O–H groups in total. The fourth-order valence-corrected chi connectivity index (χ4v) is 4.87. The van der Waals surface area contributed by atoms with Gasteiger partial charge in [0.15, 0.2) is 5.82 Å². The van der Waals surface area contributed by atoms with Crippen LogP contribution >= 0.6 is 11.3 Å². The third kappa shape index (κ3) is 4.19. The topological polar surface area (TPSA) is 108 Å². The van der Waals surface area contributed by atoms with Gasteiger partial charge in [0.25, 0.3) is 11.2 Å². The van der Waals surface area contributed by atoms with Crippen LogP contribution in [0.1, 0.15) is 11.1 Å². The highest BCUT2D eigenvalue weighted by molar-refractivity contribution is 7.15. The first-order valence-electron chi connectivity index (χ1n) is 11.3. The van der Waals surface area contributed by atoms with Crippen LogP contribution in [0.4, 0.5) is 5.69 Å². The summed E-state index contributed by atoms with van der Waals surface area (Å²) in [5, 5.41) is 20.3. The lowest BCUT2D eigenvalue weighted by atomic mass is 10.1. The Hall–Kier alpha value is -4.96. The maximum atomic E-state index is 13.2. The highest BCUT2D eigenvalue weighted by Crippen LogP contribution is 2.26. The SMILES string of the molecule is Cc1ccc(-c2nc3sc(=Cc4cn(-c5ccccc5)nc4-c4ccc([N+](=O)[O-])cc4)c(=O)n3n2)cc1. The van der Waals surface area contributed by atoms with Gasteiger partial charge in [-0.1, -0.05) is 59.4 Å². The van der Waals surface area contributed by atoms with Gasteiger partial charge in [0.2, 0.25) is 4.96 Å². The molecule has 3 heterocycles. The minimum absolute atomic E-state index is 0.00597. The van der Waals surface area contributed by atoms with Gasteiger partial charge < -0.3 is 0 Å². The highest BCUT2D eigenvalue weighted by atomic mass is 32.1. The van der Waals surface area contributed by atoms with Crippen molar-refractivity contribution in [3.8, 4) is 28.3 Å². The summed E-state index contributed by atoms with van der Waals surface area (Å²) in [6.07, 6.45) is 3.59. The average Bonchev–Trinajstić information content (AvgIpc) is 3.60. The molecule has 37 heavy (non-hydrogen) atoms. The fraction of sp³-hybridized carbons (Fsp3) is 0.0370. The minimum atomic E-state index is -0.442. The molecule has 0 aliphatic heterocycles. The number of hydrogen-bond acceptors (Lipinski definition) is 7. The van der Waals surface area contributed by atoms with E-state index in [1.54, 1.807) is 22.9 Å². The largest absolute Gasteiger partial charge is 0.291 e. The Morgan fingerprint density at radius 1 is 0.919 bits per heavy atom. The molecule has 0 radical (unpaired) electrons. The van der Waals surface area contributed by atoms with Crippen molar-refractivity contribution in [1.29, 1.82) is 0 Å². The fourth-order valence-electron chi connectivity index (χ4n) is 3.97. The Bertz CT molecular complexity index is 1870. The van der Waals surface area contributed by atoms with Gasteiger partial charge in [0, 0.05) is 35.0 Å². The number of aryl methyl sites for hydroxylation is 1. The summed E-state index contributed by atoms with van der Waals surface area (Å²) in [6.45, 7) is 2.01. The molecule has 10 heteroatoms. The van der Waals surface area contributed by atoms with Gasteiger partial charge in [0.1, 0.15) is 5.69 Å². The van der Waals surface area contributed by atoms with Crippen molar-refractivity contribution in [2.75, 3.05) is 0 Å². The second-order valence-corrected chi connectivity index (χ2v) is 9.44. The zero-order chi connectivity index (χ0) is 25.5. The van der Waals surface area contributed by atoms with Crippen LogP contribution < -0.4 is 10.1 Å². The maximum absolute atomic E-state index is 13.2. The summed E-state index contributed by atoms with van der Waals surface area (Å²) >= 11 is 1.25. The third-order valence-electron chi connectivity index (χ3n) is 5.89. The monoisotopic (exact) mass is 506 g/mol. The van der Waals surface area contributed by atoms with Gasteiger partial charge in [0.05, 0.1) is 15.1 Å². The molecule has 6 rings (SSSR count). The lowest BCUT2D eigenvalue weighted by Gasteiger charge is -2.00. The molecule has 0 saturated heterocycles. The van der Waals surface area contributed by atoms with Crippen LogP contribution in [0.25, 0.3) is 39.4 Å². The second-order valence-electron chi connectivity index (χ2n) is 8.43. The molecule has 0 aliphatic rings. The van der Waals surface area contributed by atoms with Crippen molar-refractivity contribution >= 4 is 28.1 Å². The summed E-state index contributed by atoms with van der Waals surface area (Å²) in [5.74, 6) is 0.498. The van der Waals surface area contributed by atoms with Crippen LogP contribution in [-0.4, -0.2) is 29.3 Å². The summed E-state index contributed by atoms with van der Waals surface area (Å²) in [7, 11) is 0. The normalized spacial score (nSPS) is 11.9. The van der Waals surface area contributed by atoms with E-state index in [4.69, 9.17) is 5.10 Å². The van der Waals surface area contributed by atoms with Crippen LogP contribution in [0.5, 0.6) is 0 Å². The first-order valence-corrected chi connectivity index (χ1v) is 12.2. The predicted molar refractivity (Wildman–Crippen MR) is 142 cm³/mol. The number of thiazole rings is 1. The Balaban J connectivity index is 1.47. The number of benzene rings is 3. The number of hydrogen-bond donors (Lipinski definition) is 0. The Labute approximate surface area is 213 Å². The molecule has 0 bridgehead atoms. The minimum Gasteiger partial charge on any atom is -0.266 e. The molecule has 180 valence electrons. The first kappa shape index (κ1) is 22.5. The Morgan fingerprint density at radius 2 is 1.62 bits per heavy atom. The lowest BCUT2D eigenvalue weighted by Crippen LogP contribution is -2.23. The number of rotatable bonds is 5. The van der Waals surface area contributed by atoms with E-state index in [1.165, 1.54) is 28.0 Å². The zero-order valence-electron chi connectivity index (χ0n) is 19.5. The van der Waals surface area contributed by atoms with Crippen molar-refractivity contribution in [3.63, 3.8) is 0 Å². The number of fused-ring (bicyclic) bond motifs is 1. The van der Waals surface area contributed by atoms with E-state index in [1.807, 2.05) is 67.7 Å². The molecule has 0 aliphatic carbocycles. The smallest absolute Gasteiger partial charge is 0.266 e. The molecule has 6 aromatic rings. The molecule has 0 fully saturated rings.